The van der Waals surface area contributed by atoms with E-state index >= 15 is 0 Å². The molecule has 1 N–H and O–H groups in total. The predicted molar refractivity (Wildman–Crippen MR) is 76.5 cm³/mol. The van der Waals surface area contributed by atoms with Gasteiger partial charge in [-0.3, -0.25) is 4.79 Å². The van der Waals surface area contributed by atoms with Crippen molar-refractivity contribution in [3.8, 4) is 0 Å². The van der Waals surface area contributed by atoms with Gasteiger partial charge in [0.2, 0.25) is 5.91 Å². The predicted octanol–water partition coefficient (Wildman–Crippen LogP) is 2.48. The summed E-state index contributed by atoms with van der Waals surface area (Å²) >= 11 is 6.04. The summed E-state index contributed by atoms with van der Waals surface area (Å²) in [6, 6.07) is 10.00. The molecular formula is C15H20ClNO2. The van der Waals surface area contributed by atoms with E-state index in [0.717, 1.165) is 24.8 Å². The molecule has 1 fully saturated rings. The minimum Gasteiger partial charge on any atom is -0.383 e. The largest absolute Gasteiger partial charge is 0.383 e. The zero-order valence-corrected chi connectivity index (χ0v) is 12.0. The van der Waals surface area contributed by atoms with Crippen LogP contribution in [0.2, 0.25) is 0 Å². The molecule has 3 nitrogen and oxygen atoms in total. The fraction of sp³-hybridized carbons (Fsp3) is 0.533. The van der Waals surface area contributed by atoms with Crippen LogP contribution in [0.3, 0.4) is 0 Å². The van der Waals surface area contributed by atoms with Gasteiger partial charge in [-0.1, -0.05) is 30.3 Å². The fourth-order valence-corrected chi connectivity index (χ4v) is 2.54. The van der Waals surface area contributed by atoms with Gasteiger partial charge >= 0.3 is 0 Å². The fourth-order valence-electron chi connectivity index (χ4n) is 2.30. The number of carbonyl (C=O) groups is 1. The van der Waals surface area contributed by atoms with Gasteiger partial charge in [0, 0.05) is 13.7 Å². The van der Waals surface area contributed by atoms with Crippen LogP contribution in [-0.2, 0) is 14.9 Å². The number of hydrogen-bond acceptors (Lipinski definition) is 2. The van der Waals surface area contributed by atoms with E-state index in [9.17, 15) is 4.79 Å². The quantitative estimate of drug-likeness (QED) is 0.780. The van der Waals surface area contributed by atoms with Crippen LogP contribution in [0.1, 0.15) is 24.8 Å². The van der Waals surface area contributed by atoms with Crippen LogP contribution in [0.15, 0.2) is 30.3 Å². The smallest absolute Gasteiger partial charge is 0.230 e. The first-order valence-electron chi connectivity index (χ1n) is 6.66. The lowest BCUT2D eigenvalue weighted by Crippen LogP contribution is -2.36. The maximum Gasteiger partial charge on any atom is 0.230 e. The highest BCUT2D eigenvalue weighted by Gasteiger charge is 2.50. The maximum atomic E-state index is 12.3. The molecule has 0 bridgehead atoms. The van der Waals surface area contributed by atoms with Gasteiger partial charge < -0.3 is 10.1 Å². The Kier molecular flexibility index (Phi) is 4.83. The lowest BCUT2D eigenvalue weighted by atomic mass is 9.95. The molecule has 0 aromatic heterocycles. The summed E-state index contributed by atoms with van der Waals surface area (Å²) < 4.78 is 4.97. The van der Waals surface area contributed by atoms with Gasteiger partial charge in [0.25, 0.3) is 0 Å². The van der Waals surface area contributed by atoms with Gasteiger partial charge in [-0.15, -0.1) is 11.6 Å². The average molecular weight is 282 g/mol. The number of hydrogen-bond donors (Lipinski definition) is 1. The second-order valence-electron chi connectivity index (χ2n) is 5.05. The molecule has 0 saturated heterocycles. The second-order valence-corrected chi connectivity index (χ2v) is 5.66. The van der Waals surface area contributed by atoms with Gasteiger partial charge in [0.05, 0.1) is 17.4 Å². The van der Waals surface area contributed by atoms with Crippen molar-refractivity contribution in [2.24, 2.45) is 0 Å². The van der Waals surface area contributed by atoms with E-state index in [-0.39, 0.29) is 16.7 Å². The third-order valence-corrected chi connectivity index (χ3v) is 3.95. The molecule has 1 amide bonds. The van der Waals surface area contributed by atoms with Crippen molar-refractivity contribution in [1.82, 2.24) is 5.32 Å². The molecule has 104 valence electrons. The molecule has 19 heavy (non-hydrogen) atoms. The Morgan fingerprint density at radius 3 is 2.68 bits per heavy atom. The van der Waals surface area contributed by atoms with E-state index in [1.54, 1.807) is 7.11 Å². The Balaban J connectivity index is 1.84. The molecule has 4 heteroatoms. The zero-order chi connectivity index (χ0) is 13.7. The minimum atomic E-state index is -0.287. The van der Waals surface area contributed by atoms with Crippen molar-refractivity contribution >= 4 is 17.5 Å². The summed E-state index contributed by atoms with van der Waals surface area (Å²) in [7, 11) is 1.63. The van der Waals surface area contributed by atoms with E-state index in [1.807, 2.05) is 30.3 Å². The Hall–Kier alpha value is -1.06. The molecule has 1 saturated carbocycles. The Morgan fingerprint density at radius 1 is 1.42 bits per heavy atom. The first kappa shape index (κ1) is 14.4. The van der Waals surface area contributed by atoms with E-state index in [4.69, 9.17) is 16.3 Å². The first-order valence-corrected chi connectivity index (χ1v) is 7.09. The summed E-state index contributed by atoms with van der Waals surface area (Å²) in [4.78, 5) is 12.3. The standard InChI is InChI=1S/C15H20ClNO2/c1-19-11-13(16)7-10-17-14(18)15(8-9-15)12-5-3-2-4-6-12/h2-6,13H,7-11H2,1H3,(H,17,18). The molecule has 1 aliphatic carbocycles. The van der Waals surface area contributed by atoms with E-state index in [2.05, 4.69) is 5.32 Å². The van der Waals surface area contributed by atoms with Crippen LogP contribution in [0.25, 0.3) is 0 Å². The highest BCUT2D eigenvalue weighted by atomic mass is 35.5. The molecule has 0 aliphatic heterocycles. The Labute approximate surface area is 119 Å². The number of alkyl halides is 1. The number of carbonyl (C=O) groups excluding carboxylic acids is 1. The zero-order valence-electron chi connectivity index (χ0n) is 11.2. The second kappa shape index (κ2) is 6.40. The highest BCUT2D eigenvalue weighted by Crippen LogP contribution is 2.48. The summed E-state index contributed by atoms with van der Waals surface area (Å²) in [6.45, 7) is 1.12. The molecule has 1 atom stereocenters. The summed E-state index contributed by atoms with van der Waals surface area (Å²) in [5.41, 5.74) is 0.830. The molecule has 1 aliphatic rings. The maximum absolute atomic E-state index is 12.3. The van der Waals surface area contributed by atoms with E-state index < -0.39 is 0 Å². The van der Waals surface area contributed by atoms with Crippen molar-refractivity contribution in [1.29, 1.82) is 0 Å². The van der Waals surface area contributed by atoms with E-state index in [1.165, 1.54) is 0 Å². The van der Waals surface area contributed by atoms with Gasteiger partial charge in [-0.05, 0) is 24.8 Å². The first-order chi connectivity index (χ1) is 9.19. The van der Waals surface area contributed by atoms with Crippen molar-refractivity contribution in [2.45, 2.75) is 30.1 Å². The molecule has 1 aromatic carbocycles. The molecule has 2 rings (SSSR count). The van der Waals surface area contributed by atoms with Crippen LogP contribution in [0.5, 0.6) is 0 Å². The van der Waals surface area contributed by atoms with Crippen LogP contribution >= 0.6 is 11.6 Å². The Morgan fingerprint density at radius 2 is 2.11 bits per heavy atom. The molecule has 0 radical (unpaired) electrons. The van der Waals surface area contributed by atoms with Gasteiger partial charge in [0.15, 0.2) is 0 Å². The monoisotopic (exact) mass is 281 g/mol. The van der Waals surface area contributed by atoms with Crippen molar-refractivity contribution in [3.63, 3.8) is 0 Å². The highest BCUT2D eigenvalue weighted by molar-refractivity contribution is 6.20. The van der Waals surface area contributed by atoms with Crippen molar-refractivity contribution < 1.29 is 9.53 Å². The number of amides is 1. The number of benzene rings is 1. The lowest BCUT2D eigenvalue weighted by molar-refractivity contribution is -0.123. The molecule has 1 unspecified atom stereocenters. The third-order valence-electron chi connectivity index (χ3n) is 3.60. The number of methoxy groups -OCH3 is 1. The minimum absolute atomic E-state index is 0.0443. The molecule has 0 spiro atoms. The van der Waals surface area contributed by atoms with Gasteiger partial charge in [-0.25, -0.2) is 0 Å². The summed E-state index contributed by atoms with van der Waals surface area (Å²) in [6.07, 6.45) is 2.60. The summed E-state index contributed by atoms with van der Waals surface area (Å²) in [5, 5.41) is 2.95. The van der Waals surface area contributed by atoms with Crippen LogP contribution in [0, 0.1) is 0 Å². The van der Waals surface area contributed by atoms with Gasteiger partial charge in [-0.2, -0.15) is 0 Å². The lowest BCUT2D eigenvalue weighted by Gasteiger charge is -2.16. The van der Waals surface area contributed by atoms with Crippen molar-refractivity contribution in [3.05, 3.63) is 35.9 Å². The van der Waals surface area contributed by atoms with Gasteiger partial charge in [0.1, 0.15) is 0 Å². The molecule has 0 heterocycles. The van der Waals surface area contributed by atoms with Crippen LogP contribution < -0.4 is 5.32 Å². The summed E-state index contributed by atoms with van der Waals surface area (Å²) in [5.74, 6) is 0.125. The van der Waals surface area contributed by atoms with E-state index in [0.29, 0.717) is 13.2 Å². The SMILES string of the molecule is COCC(Cl)CCNC(=O)C1(c2ccccc2)CC1. The number of nitrogens with one attached hydrogen (secondary N) is 1. The number of ether oxygens (including phenoxy) is 1. The Bertz CT molecular complexity index is 417. The number of rotatable bonds is 7. The van der Waals surface area contributed by atoms with Crippen LogP contribution in [-0.4, -0.2) is 31.5 Å². The topological polar surface area (TPSA) is 38.3 Å². The molecular weight excluding hydrogens is 262 g/mol. The van der Waals surface area contributed by atoms with Crippen LogP contribution in [0.4, 0.5) is 0 Å². The number of halogens is 1. The average Bonchev–Trinajstić information content (AvgIpc) is 3.21. The molecule has 1 aromatic rings. The third kappa shape index (κ3) is 3.48. The van der Waals surface area contributed by atoms with Crippen molar-refractivity contribution in [2.75, 3.05) is 20.3 Å². The normalized spacial score (nSPS) is 17.8.